The Hall–Kier alpha value is -3.02. The maximum absolute atomic E-state index is 12.0. The van der Waals surface area contributed by atoms with Crippen molar-refractivity contribution in [3.05, 3.63) is 41.2 Å². The molecule has 8 nitrogen and oxygen atoms in total. The van der Waals surface area contributed by atoms with Gasteiger partial charge >= 0.3 is 5.97 Å². The molecule has 8 heteroatoms. The van der Waals surface area contributed by atoms with Crippen LogP contribution < -0.4 is 5.73 Å². The Balaban J connectivity index is 2.70. The van der Waals surface area contributed by atoms with Crippen LogP contribution in [0.5, 0.6) is 5.75 Å². The Bertz CT molecular complexity index is 803. The highest BCUT2D eigenvalue weighted by Crippen LogP contribution is 2.32. The molecule has 0 saturated heterocycles. The second-order valence-electron chi connectivity index (χ2n) is 4.83. The number of aromatic hydroxyl groups is 1. The zero-order valence-electron chi connectivity index (χ0n) is 13.4. The lowest BCUT2D eigenvalue weighted by Gasteiger charge is -2.16. The van der Waals surface area contributed by atoms with Gasteiger partial charge in [-0.3, -0.25) is 0 Å². The first-order valence-electron chi connectivity index (χ1n) is 6.86. The van der Waals surface area contributed by atoms with E-state index in [1.165, 1.54) is 38.2 Å². The maximum atomic E-state index is 12.0. The third kappa shape index (κ3) is 2.90. The van der Waals surface area contributed by atoms with Crippen molar-refractivity contribution >= 4 is 11.7 Å². The van der Waals surface area contributed by atoms with Crippen molar-refractivity contribution in [2.24, 2.45) is 0 Å². The molecular weight excluding hydrogens is 314 g/mol. The van der Waals surface area contributed by atoms with E-state index in [0.29, 0.717) is 5.56 Å². The molecular formula is C16H17N3O5. The number of phenolic OH excluding ortho intramolecular Hbond substituents is 1. The molecule has 126 valence electrons. The number of esters is 1. The van der Waals surface area contributed by atoms with Gasteiger partial charge in [-0.05, 0) is 12.1 Å². The van der Waals surface area contributed by atoms with E-state index in [4.69, 9.17) is 25.2 Å². The molecule has 0 aliphatic carbocycles. The predicted molar refractivity (Wildman–Crippen MR) is 84.7 cm³/mol. The first kappa shape index (κ1) is 17.3. The number of methoxy groups -OCH3 is 3. The standard InChI is InChI=1S/C16H17N3O5/c1-22-15(21)14-13(18)10(7-17)8-19(14)11-6-9(4-5-12(11)20)16(23-2)24-3/h4-6,8,16,20H,18H2,1-3H3. The van der Waals surface area contributed by atoms with E-state index < -0.39 is 12.3 Å². The molecule has 0 aliphatic rings. The van der Waals surface area contributed by atoms with Crippen LogP contribution in [0.3, 0.4) is 0 Å². The number of nitrogens with zero attached hydrogens (tertiary/aromatic N) is 2. The Kier molecular flexibility index (Phi) is 5.08. The summed E-state index contributed by atoms with van der Waals surface area (Å²) in [7, 11) is 4.15. The topological polar surface area (TPSA) is 120 Å². The van der Waals surface area contributed by atoms with Gasteiger partial charge in [-0.15, -0.1) is 0 Å². The second kappa shape index (κ2) is 7.04. The van der Waals surface area contributed by atoms with E-state index in [2.05, 4.69) is 0 Å². The number of rotatable bonds is 5. The number of aromatic nitrogens is 1. The van der Waals surface area contributed by atoms with Crippen molar-refractivity contribution < 1.29 is 24.1 Å². The summed E-state index contributed by atoms with van der Waals surface area (Å²) in [5.74, 6) is -0.844. The highest BCUT2D eigenvalue weighted by atomic mass is 16.7. The number of nitrogen functional groups attached to an aromatic ring is 1. The zero-order valence-corrected chi connectivity index (χ0v) is 13.4. The molecule has 0 amide bonds. The number of carbonyl (C=O) groups excluding carboxylic acids is 1. The molecule has 0 unspecified atom stereocenters. The molecule has 0 spiro atoms. The third-order valence-corrected chi connectivity index (χ3v) is 3.50. The van der Waals surface area contributed by atoms with Crippen LogP contribution in [0, 0.1) is 11.3 Å². The van der Waals surface area contributed by atoms with Gasteiger partial charge < -0.3 is 29.6 Å². The number of phenols is 1. The zero-order chi connectivity index (χ0) is 17.9. The van der Waals surface area contributed by atoms with Crippen molar-refractivity contribution in [3.8, 4) is 17.5 Å². The normalized spacial score (nSPS) is 10.6. The minimum absolute atomic E-state index is 0.0239. The Morgan fingerprint density at radius 3 is 2.54 bits per heavy atom. The molecule has 1 aromatic carbocycles. The highest BCUT2D eigenvalue weighted by molar-refractivity contribution is 5.96. The fourth-order valence-electron chi connectivity index (χ4n) is 2.35. The van der Waals surface area contributed by atoms with Crippen LogP contribution >= 0.6 is 0 Å². The molecule has 3 N–H and O–H groups in total. The monoisotopic (exact) mass is 331 g/mol. The molecule has 2 aromatic rings. The van der Waals surface area contributed by atoms with Gasteiger partial charge in [0.05, 0.1) is 24.0 Å². The van der Waals surface area contributed by atoms with Gasteiger partial charge in [-0.1, -0.05) is 6.07 Å². The van der Waals surface area contributed by atoms with Crippen molar-refractivity contribution in [2.75, 3.05) is 27.1 Å². The first-order valence-corrected chi connectivity index (χ1v) is 6.86. The Morgan fingerprint density at radius 2 is 2.00 bits per heavy atom. The summed E-state index contributed by atoms with van der Waals surface area (Å²) in [5.41, 5.74) is 6.72. The summed E-state index contributed by atoms with van der Waals surface area (Å²) in [5, 5.41) is 19.3. The summed E-state index contributed by atoms with van der Waals surface area (Å²) in [6.07, 6.45) is 0.698. The smallest absolute Gasteiger partial charge is 0.357 e. The van der Waals surface area contributed by atoms with Crippen LogP contribution in [-0.4, -0.2) is 37.0 Å². The first-order chi connectivity index (χ1) is 11.5. The fourth-order valence-corrected chi connectivity index (χ4v) is 2.35. The second-order valence-corrected chi connectivity index (χ2v) is 4.83. The molecule has 0 atom stereocenters. The average molecular weight is 331 g/mol. The third-order valence-electron chi connectivity index (χ3n) is 3.50. The van der Waals surface area contributed by atoms with E-state index in [9.17, 15) is 9.90 Å². The van der Waals surface area contributed by atoms with Crippen molar-refractivity contribution in [1.29, 1.82) is 5.26 Å². The molecule has 0 fully saturated rings. The quantitative estimate of drug-likeness (QED) is 0.632. The number of anilines is 1. The molecule has 1 aromatic heterocycles. The number of ether oxygens (including phenoxy) is 3. The summed E-state index contributed by atoms with van der Waals surface area (Å²) in [6.45, 7) is 0. The van der Waals surface area contributed by atoms with E-state index >= 15 is 0 Å². The van der Waals surface area contributed by atoms with E-state index in [0.717, 1.165) is 0 Å². The van der Waals surface area contributed by atoms with Crippen LogP contribution in [0.25, 0.3) is 5.69 Å². The molecule has 1 heterocycles. The number of nitriles is 1. The summed E-state index contributed by atoms with van der Waals surface area (Å²) in [6, 6.07) is 6.52. The molecule has 0 bridgehead atoms. The van der Waals surface area contributed by atoms with Crippen molar-refractivity contribution in [3.63, 3.8) is 0 Å². The summed E-state index contributed by atoms with van der Waals surface area (Å²) >= 11 is 0. The fraction of sp³-hybridized carbons (Fsp3) is 0.250. The molecule has 24 heavy (non-hydrogen) atoms. The van der Waals surface area contributed by atoms with Gasteiger partial charge in [0.1, 0.15) is 11.8 Å². The average Bonchev–Trinajstić information content (AvgIpc) is 2.93. The molecule has 0 saturated carbocycles. The molecule has 2 rings (SSSR count). The number of carbonyl (C=O) groups is 1. The van der Waals surface area contributed by atoms with Crippen LogP contribution in [0.2, 0.25) is 0 Å². The SMILES string of the molecule is COC(=O)c1c(N)c(C#N)cn1-c1cc(C(OC)OC)ccc1O. The molecule has 0 aliphatic heterocycles. The van der Waals surface area contributed by atoms with Crippen molar-refractivity contribution in [2.45, 2.75) is 6.29 Å². The number of benzene rings is 1. The van der Waals surface area contributed by atoms with Gasteiger partial charge in [-0.2, -0.15) is 5.26 Å². The minimum Gasteiger partial charge on any atom is -0.506 e. The highest BCUT2D eigenvalue weighted by Gasteiger charge is 2.24. The van der Waals surface area contributed by atoms with Gasteiger partial charge in [0.25, 0.3) is 0 Å². The maximum Gasteiger partial charge on any atom is 0.357 e. The number of hydrogen-bond acceptors (Lipinski definition) is 7. The summed E-state index contributed by atoms with van der Waals surface area (Å²) in [4.78, 5) is 12.0. The lowest BCUT2D eigenvalue weighted by atomic mass is 10.1. The van der Waals surface area contributed by atoms with Gasteiger partial charge in [0.15, 0.2) is 12.0 Å². The number of hydrogen-bond donors (Lipinski definition) is 2. The minimum atomic E-state index is -0.728. The van der Waals surface area contributed by atoms with Crippen molar-refractivity contribution in [1.82, 2.24) is 4.57 Å². The molecule has 0 radical (unpaired) electrons. The van der Waals surface area contributed by atoms with Crippen LogP contribution in [0.4, 0.5) is 5.69 Å². The lowest BCUT2D eigenvalue weighted by molar-refractivity contribution is -0.106. The predicted octanol–water partition coefficient (Wildman–Crippen LogP) is 1.71. The van der Waals surface area contributed by atoms with Gasteiger partial charge in [0, 0.05) is 26.0 Å². The van der Waals surface area contributed by atoms with Crippen LogP contribution in [-0.2, 0) is 14.2 Å². The van der Waals surface area contributed by atoms with E-state index in [1.807, 2.05) is 6.07 Å². The number of nitrogens with two attached hydrogens (primary N) is 1. The van der Waals surface area contributed by atoms with Gasteiger partial charge in [-0.25, -0.2) is 4.79 Å². The van der Waals surface area contributed by atoms with Crippen LogP contribution in [0.15, 0.2) is 24.4 Å². The largest absolute Gasteiger partial charge is 0.506 e. The lowest BCUT2D eigenvalue weighted by Crippen LogP contribution is -2.12. The van der Waals surface area contributed by atoms with Gasteiger partial charge in [0.2, 0.25) is 0 Å². The Morgan fingerprint density at radius 1 is 1.33 bits per heavy atom. The van der Waals surface area contributed by atoms with Crippen LogP contribution in [0.1, 0.15) is 27.9 Å². The summed E-state index contributed by atoms with van der Waals surface area (Å²) < 4.78 is 16.4. The van der Waals surface area contributed by atoms with E-state index in [-0.39, 0.29) is 28.4 Å². The van der Waals surface area contributed by atoms with E-state index in [1.54, 1.807) is 12.1 Å². The Labute approximate surface area is 138 Å².